The molecule has 2 aliphatic heterocycles. The zero-order chi connectivity index (χ0) is 18.1. The van der Waals surface area contributed by atoms with Crippen molar-refractivity contribution in [3.63, 3.8) is 0 Å². The van der Waals surface area contributed by atoms with Gasteiger partial charge in [0, 0.05) is 34.4 Å². The predicted molar refractivity (Wildman–Crippen MR) is 107 cm³/mol. The van der Waals surface area contributed by atoms with Crippen LogP contribution in [0.2, 0.25) is 0 Å². The van der Waals surface area contributed by atoms with Gasteiger partial charge in [0.05, 0.1) is 7.11 Å². The normalized spacial score (nSPS) is 19.7. The van der Waals surface area contributed by atoms with Gasteiger partial charge in [-0.3, -0.25) is 4.90 Å². The summed E-state index contributed by atoms with van der Waals surface area (Å²) in [5, 5.41) is 0. The van der Waals surface area contributed by atoms with Gasteiger partial charge in [-0.1, -0.05) is 0 Å². The molecule has 3 heterocycles. The highest BCUT2D eigenvalue weighted by molar-refractivity contribution is 7.15. The molecule has 1 aromatic heterocycles. The van der Waals surface area contributed by atoms with Gasteiger partial charge in [-0.2, -0.15) is 0 Å². The highest BCUT2D eigenvalue weighted by Crippen LogP contribution is 2.40. The summed E-state index contributed by atoms with van der Waals surface area (Å²) in [6.07, 6.45) is 2.49. The maximum absolute atomic E-state index is 6.14. The van der Waals surface area contributed by atoms with E-state index < -0.39 is 0 Å². The number of fused-ring (bicyclic) bond motifs is 1. The van der Waals surface area contributed by atoms with Gasteiger partial charge < -0.3 is 14.4 Å². The van der Waals surface area contributed by atoms with Crippen LogP contribution in [0.1, 0.15) is 23.3 Å². The minimum Gasteiger partial charge on any atom is -0.493 e. The van der Waals surface area contributed by atoms with E-state index in [9.17, 15) is 0 Å². The third-order valence-corrected chi connectivity index (χ3v) is 6.63. The summed E-state index contributed by atoms with van der Waals surface area (Å²) in [5.41, 5.74) is 2.48. The second-order valence-corrected chi connectivity index (χ2v) is 8.72. The monoisotopic (exact) mass is 372 g/mol. The highest BCUT2D eigenvalue weighted by atomic mass is 32.1. The van der Waals surface area contributed by atoms with E-state index in [-0.39, 0.29) is 0 Å². The van der Waals surface area contributed by atoms with Crippen LogP contribution in [0.5, 0.6) is 11.5 Å². The highest BCUT2D eigenvalue weighted by Gasteiger charge is 2.27. The summed E-state index contributed by atoms with van der Waals surface area (Å²) in [6, 6.07) is 9.46. The zero-order valence-corrected chi connectivity index (χ0v) is 16.8. The van der Waals surface area contributed by atoms with Crippen LogP contribution in [-0.4, -0.2) is 56.2 Å². The molecule has 0 N–H and O–H groups in total. The summed E-state index contributed by atoms with van der Waals surface area (Å²) in [5.74, 6) is 1.79. The fraction of sp³-hybridized carbons (Fsp3) is 0.524. The Balaban J connectivity index is 1.65. The van der Waals surface area contributed by atoms with Gasteiger partial charge in [-0.25, -0.2) is 0 Å². The number of ether oxygens (including phenoxy) is 2. The summed E-state index contributed by atoms with van der Waals surface area (Å²) in [6.45, 7) is 7.18. The number of thiophene rings is 1. The van der Waals surface area contributed by atoms with Crippen molar-refractivity contribution in [3.05, 3.63) is 34.7 Å². The molecule has 0 spiro atoms. The fourth-order valence-corrected chi connectivity index (χ4v) is 4.91. The quantitative estimate of drug-likeness (QED) is 0.812. The van der Waals surface area contributed by atoms with E-state index in [4.69, 9.17) is 9.47 Å². The molecule has 0 unspecified atom stereocenters. The Bertz CT molecular complexity index is 765. The average Bonchev–Trinajstić information content (AvgIpc) is 2.96. The SMILES string of the molecule is COc1cc(-c2ccc(C)s2)cc2c1OCCN(C1CCN(C)CC1)C2. The number of nitrogens with zero attached hydrogens (tertiary/aromatic N) is 2. The van der Waals surface area contributed by atoms with E-state index in [1.54, 1.807) is 7.11 Å². The Morgan fingerprint density at radius 3 is 2.65 bits per heavy atom. The molecule has 0 amide bonds. The molecule has 2 aromatic rings. The van der Waals surface area contributed by atoms with Gasteiger partial charge in [0.2, 0.25) is 0 Å². The van der Waals surface area contributed by atoms with Crippen LogP contribution in [0.4, 0.5) is 0 Å². The standard InChI is InChI=1S/C21H28N2O2S/c1-15-4-5-20(26-15)16-12-17-14-23(18-6-8-22(2)9-7-18)10-11-25-21(17)19(13-16)24-3/h4-5,12-13,18H,6-11,14H2,1-3H3. The molecular weight excluding hydrogens is 344 g/mol. The molecule has 0 aliphatic carbocycles. The van der Waals surface area contributed by atoms with Gasteiger partial charge in [0.25, 0.3) is 0 Å². The maximum Gasteiger partial charge on any atom is 0.165 e. The number of benzene rings is 1. The van der Waals surface area contributed by atoms with E-state index in [0.29, 0.717) is 6.04 Å². The van der Waals surface area contributed by atoms with Crippen LogP contribution in [0, 0.1) is 6.92 Å². The summed E-state index contributed by atoms with van der Waals surface area (Å²) >= 11 is 1.83. The van der Waals surface area contributed by atoms with Gasteiger partial charge in [-0.05, 0) is 69.7 Å². The van der Waals surface area contributed by atoms with E-state index in [1.165, 1.54) is 46.8 Å². The van der Waals surface area contributed by atoms with Gasteiger partial charge in [0.15, 0.2) is 11.5 Å². The van der Waals surface area contributed by atoms with Crippen molar-refractivity contribution >= 4 is 11.3 Å². The largest absolute Gasteiger partial charge is 0.493 e. The summed E-state index contributed by atoms with van der Waals surface area (Å²) in [7, 11) is 3.96. The number of piperidine rings is 1. The maximum atomic E-state index is 6.14. The van der Waals surface area contributed by atoms with E-state index in [0.717, 1.165) is 31.2 Å². The van der Waals surface area contributed by atoms with Crippen molar-refractivity contribution in [2.75, 3.05) is 40.4 Å². The number of hydrogen-bond donors (Lipinski definition) is 0. The molecular formula is C21H28N2O2S. The van der Waals surface area contributed by atoms with Crippen LogP contribution in [0.25, 0.3) is 10.4 Å². The van der Waals surface area contributed by atoms with Gasteiger partial charge >= 0.3 is 0 Å². The molecule has 4 rings (SSSR count). The lowest BCUT2D eigenvalue weighted by molar-refractivity contribution is 0.107. The molecule has 1 aromatic carbocycles. The first-order chi connectivity index (χ1) is 12.6. The average molecular weight is 373 g/mol. The van der Waals surface area contributed by atoms with Crippen molar-refractivity contribution in [2.45, 2.75) is 32.4 Å². The molecule has 1 saturated heterocycles. The Labute approximate surface area is 160 Å². The molecule has 5 heteroatoms. The van der Waals surface area contributed by atoms with Crippen LogP contribution in [0.3, 0.4) is 0 Å². The lowest BCUT2D eigenvalue weighted by Crippen LogP contribution is -2.44. The van der Waals surface area contributed by atoms with E-state index >= 15 is 0 Å². The first-order valence-corrected chi connectivity index (χ1v) is 10.3. The van der Waals surface area contributed by atoms with Crippen LogP contribution >= 0.6 is 11.3 Å². The molecule has 4 nitrogen and oxygen atoms in total. The van der Waals surface area contributed by atoms with Crippen molar-refractivity contribution in [3.8, 4) is 21.9 Å². The number of likely N-dealkylation sites (tertiary alicyclic amines) is 1. The summed E-state index contributed by atoms with van der Waals surface area (Å²) in [4.78, 5) is 7.66. The minimum atomic E-state index is 0.652. The second kappa shape index (κ2) is 7.59. The molecule has 0 bridgehead atoms. The Kier molecular flexibility index (Phi) is 5.20. The summed E-state index contributed by atoms with van der Waals surface area (Å²) < 4.78 is 11.8. The lowest BCUT2D eigenvalue weighted by atomic mass is 10.0. The number of rotatable bonds is 3. The van der Waals surface area contributed by atoms with Crippen LogP contribution < -0.4 is 9.47 Å². The molecule has 0 radical (unpaired) electrons. The molecule has 0 atom stereocenters. The molecule has 1 fully saturated rings. The fourth-order valence-electron chi connectivity index (χ4n) is 4.06. The Morgan fingerprint density at radius 1 is 1.15 bits per heavy atom. The molecule has 26 heavy (non-hydrogen) atoms. The van der Waals surface area contributed by atoms with Crippen LogP contribution in [-0.2, 0) is 6.54 Å². The zero-order valence-electron chi connectivity index (χ0n) is 16.0. The first-order valence-electron chi connectivity index (χ1n) is 9.47. The van der Waals surface area contributed by atoms with Crippen molar-refractivity contribution in [1.29, 1.82) is 0 Å². The first kappa shape index (κ1) is 17.8. The predicted octanol–water partition coefficient (Wildman–Crippen LogP) is 4.02. The lowest BCUT2D eigenvalue weighted by Gasteiger charge is -2.36. The second-order valence-electron chi connectivity index (χ2n) is 7.43. The Hall–Kier alpha value is -1.56. The minimum absolute atomic E-state index is 0.652. The van der Waals surface area contributed by atoms with Crippen molar-refractivity contribution in [1.82, 2.24) is 9.80 Å². The smallest absolute Gasteiger partial charge is 0.165 e. The number of hydrogen-bond acceptors (Lipinski definition) is 5. The Morgan fingerprint density at radius 2 is 1.96 bits per heavy atom. The third-order valence-electron chi connectivity index (χ3n) is 5.58. The van der Waals surface area contributed by atoms with Gasteiger partial charge in [-0.15, -0.1) is 11.3 Å². The van der Waals surface area contributed by atoms with Gasteiger partial charge in [0.1, 0.15) is 6.61 Å². The molecule has 0 saturated carbocycles. The molecule has 2 aliphatic rings. The number of methoxy groups -OCH3 is 1. The van der Waals surface area contributed by atoms with Crippen LogP contribution in [0.15, 0.2) is 24.3 Å². The number of aryl methyl sites for hydroxylation is 1. The topological polar surface area (TPSA) is 24.9 Å². The molecule has 140 valence electrons. The van der Waals surface area contributed by atoms with E-state index in [2.05, 4.69) is 48.0 Å². The van der Waals surface area contributed by atoms with Crippen molar-refractivity contribution < 1.29 is 9.47 Å². The van der Waals surface area contributed by atoms with Crippen molar-refractivity contribution in [2.24, 2.45) is 0 Å². The van der Waals surface area contributed by atoms with E-state index in [1.807, 2.05) is 11.3 Å². The third kappa shape index (κ3) is 3.61.